The van der Waals surface area contributed by atoms with Crippen molar-refractivity contribution in [2.24, 2.45) is 5.92 Å². The number of piperidine rings is 2. The number of hydrogen-bond donors (Lipinski definition) is 2. The van der Waals surface area contributed by atoms with Gasteiger partial charge in [0.1, 0.15) is 0 Å². The predicted octanol–water partition coefficient (Wildman–Crippen LogP) is 1.28. The van der Waals surface area contributed by atoms with Gasteiger partial charge in [-0.1, -0.05) is 12.1 Å². The van der Waals surface area contributed by atoms with Crippen molar-refractivity contribution in [3.63, 3.8) is 0 Å². The molecule has 2 atom stereocenters. The SMILES string of the molecule is O=C1CCC2CN(c3ccc(CO)cc3)CCC2N1. The van der Waals surface area contributed by atoms with Gasteiger partial charge in [-0.15, -0.1) is 0 Å². The molecule has 0 radical (unpaired) electrons. The maximum atomic E-state index is 11.4. The smallest absolute Gasteiger partial charge is 0.220 e. The molecule has 2 N–H and O–H groups in total. The Morgan fingerprint density at radius 2 is 2.05 bits per heavy atom. The zero-order valence-electron chi connectivity index (χ0n) is 11.0. The highest BCUT2D eigenvalue weighted by molar-refractivity contribution is 5.77. The molecule has 4 nitrogen and oxygen atoms in total. The Bertz CT molecular complexity index is 458. The number of fused-ring (bicyclic) bond motifs is 1. The van der Waals surface area contributed by atoms with Crippen LogP contribution in [0.4, 0.5) is 5.69 Å². The Balaban J connectivity index is 1.68. The topological polar surface area (TPSA) is 52.6 Å². The molecule has 1 amide bonds. The summed E-state index contributed by atoms with van der Waals surface area (Å²) >= 11 is 0. The molecule has 19 heavy (non-hydrogen) atoms. The highest BCUT2D eigenvalue weighted by atomic mass is 16.3. The molecular formula is C15H20N2O2. The van der Waals surface area contributed by atoms with Crippen molar-refractivity contribution < 1.29 is 9.90 Å². The lowest BCUT2D eigenvalue weighted by molar-refractivity contribution is -0.124. The number of anilines is 1. The van der Waals surface area contributed by atoms with E-state index in [4.69, 9.17) is 5.11 Å². The van der Waals surface area contributed by atoms with Gasteiger partial charge in [-0.05, 0) is 36.5 Å². The van der Waals surface area contributed by atoms with Crippen molar-refractivity contribution in [3.05, 3.63) is 29.8 Å². The number of aliphatic hydroxyl groups excluding tert-OH is 1. The van der Waals surface area contributed by atoms with Gasteiger partial charge in [0.25, 0.3) is 0 Å². The van der Waals surface area contributed by atoms with Gasteiger partial charge in [0.2, 0.25) is 5.91 Å². The zero-order chi connectivity index (χ0) is 13.2. The van der Waals surface area contributed by atoms with Crippen LogP contribution in [0.2, 0.25) is 0 Å². The van der Waals surface area contributed by atoms with Crippen LogP contribution in [-0.4, -0.2) is 30.1 Å². The first-order valence-corrected chi connectivity index (χ1v) is 7.00. The number of aliphatic hydroxyl groups is 1. The molecule has 2 heterocycles. The third kappa shape index (κ3) is 2.59. The Hall–Kier alpha value is -1.55. The van der Waals surface area contributed by atoms with Gasteiger partial charge in [0, 0.05) is 31.2 Å². The number of carbonyl (C=O) groups is 1. The summed E-state index contributed by atoms with van der Waals surface area (Å²) in [5.41, 5.74) is 2.16. The van der Waals surface area contributed by atoms with Gasteiger partial charge in [-0.2, -0.15) is 0 Å². The van der Waals surface area contributed by atoms with Crippen LogP contribution in [0.5, 0.6) is 0 Å². The summed E-state index contributed by atoms with van der Waals surface area (Å²) in [5, 5.41) is 12.2. The van der Waals surface area contributed by atoms with Gasteiger partial charge >= 0.3 is 0 Å². The molecule has 102 valence electrons. The lowest BCUT2D eigenvalue weighted by Crippen LogP contribution is -2.54. The molecule has 0 saturated carbocycles. The summed E-state index contributed by atoms with van der Waals surface area (Å²) in [7, 11) is 0. The van der Waals surface area contributed by atoms with Crippen LogP contribution in [-0.2, 0) is 11.4 Å². The van der Waals surface area contributed by atoms with Crippen molar-refractivity contribution in [2.75, 3.05) is 18.0 Å². The van der Waals surface area contributed by atoms with E-state index in [1.807, 2.05) is 12.1 Å². The molecule has 1 aromatic carbocycles. The summed E-state index contributed by atoms with van der Waals surface area (Å²) in [5.74, 6) is 0.783. The first kappa shape index (κ1) is 12.5. The average Bonchev–Trinajstić information content (AvgIpc) is 2.47. The van der Waals surface area contributed by atoms with Gasteiger partial charge in [0.05, 0.1) is 6.61 Å². The van der Waals surface area contributed by atoms with E-state index >= 15 is 0 Å². The fourth-order valence-corrected chi connectivity index (χ4v) is 3.16. The molecule has 2 unspecified atom stereocenters. The standard InChI is InChI=1S/C15H20N2O2/c18-10-11-1-4-13(5-2-11)17-8-7-14-12(9-17)3-6-15(19)16-14/h1-2,4-5,12,14,18H,3,6-10H2,(H,16,19). The summed E-state index contributed by atoms with van der Waals surface area (Å²) in [6.07, 6.45) is 2.69. The molecule has 2 fully saturated rings. The second kappa shape index (κ2) is 5.21. The Labute approximate surface area is 113 Å². The van der Waals surface area contributed by atoms with Crippen molar-refractivity contribution in [3.8, 4) is 0 Å². The number of benzene rings is 1. The fraction of sp³-hybridized carbons (Fsp3) is 0.533. The normalized spacial score (nSPS) is 26.8. The number of nitrogens with one attached hydrogen (secondary N) is 1. The molecule has 2 saturated heterocycles. The van der Waals surface area contributed by atoms with Crippen LogP contribution in [0, 0.1) is 5.92 Å². The van der Waals surface area contributed by atoms with E-state index in [0.29, 0.717) is 18.4 Å². The van der Waals surface area contributed by atoms with Crippen molar-refractivity contribution in [1.82, 2.24) is 5.32 Å². The quantitative estimate of drug-likeness (QED) is 0.842. The Kier molecular flexibility index (Phi) is 3.42. The fourth-order valence-electron chi connectivity index (χ4n) is 3.16. The molecule has 2 aliphatic heterocycles. The minimum absolute atomic E-state index is 0.0943. The van der Waals surface area contributed by atoms with E-state index in [9.17, 15) is 4.79 Å². The summed E-state index contributed by atoms with van der Waals surface area (Å²) < 4.78 is 0. The molecule has 0 spiro atoms. The van der Waals surface area contributed by atoms with Crippen molar-refractivity contribution in [1.29, 1.82) is 0 Å². The number of amides is 1. The number of rotatable bonds is 2. The van der Waals surface area contributed by atoms with E-state index in [1.165, 1.54) is 5.69 Å². The van der Waals surface area contributed by atoms with Crippen LogP contribution in [0.1, 0.15) is 24.8 Å². The Morgan fingerprint density at radius 1 is 1.26 bits per heavy atom. The lowest BCUT2D eigenvalue weighted by Gasteiger charge is -2.42. The van der Waals surface area contributed by atoms with Crippen molar-refractivity contribution in [2.45, 2.75) is 31.9 Å². The van der Waals surface area contributed by atoms with E-state index in [2.05, 4.69) is 22.3 Å². The van der Waals surface area contributed by atoms with E-state index < -0.39 is 0 Å². The maximum absolute atomic E-state index is 11.4. The summed E-state index contributed by atoms with van der Waals surface area (Å²) in [6.45, 7) is 2.10. The number of nitrogens with zero attached hydrogens (tertiary/aromatic N) is 1. The third-order valence-electron chi connectivity index (χ3n) is 4.31. The molecule has 4 heteroatoms. The minimum Gasteiger partial charge on any atom is -0.392 e. The number of hydrogen-bond acceptors (Lipinski definition) is 3. The molecular weight excluding hydrogens is 240 g/mol. The van der Waals surface area contributed by atoms with Gasteiger partial charge in [-0.25, -0.2) is 0 Å². The molecule has 0 aromatic heterocycles. The van der Waals surface area contributed by atoms with Gasteiger partial charge in [-0.3, -0.25) is 4.79 Å². The van der Waals surface area contributed by atoms with Crippen LogP contribution < -0.4 is 10.2 Å². The van der Waals surface area contributed by atoms with Gasteiger partial charge in [0.15, 0.2) is 0 Å². The second-order valence-electron chi connectivity index (χ2n) is 5.53. The molecule has 3 rings (SSSR count). The van der Waals surface area contributed by atoms with Crippen LogP contribution in [0.15, 0.2) is 24.3 Å². The lowest BCUT2D eigenvalue weighted by atomic mass is 9.85. The second-order valence-corrected chi connectivity index (χ2v) is 5.53. The molecule has 2 aliphatic rings. The number of carbonyl (C=O) groups excluding carboxylic acids is 1. The minimum atomic E-state index is 0.0943. The summed E-state index contributed by atoms with van der Waals surface area (Å²) in [6, 6.07) is 8.48. The summed E-state index contributed by atoms with van der Waals surface area (Å²) in [4.78, 5) is 13.8. The molecule has 0 aliphatic carbocycles. The largest absolute Gasteiger partial charge is 0.392 e. The van der Waals surface area contributed by atoms with Crippen LogP contribution >= 0.6 is 0 Å². The van der Waals surface area contributed by atoms with Crippen molar-refractivity contribution >= 4 is 11.6 Å². The zero-order valence-corrected chi connectivity index (χ0v) is 11.0. The highest BCUT2D eigenvalue weighted by Crippen LogP contribution is 2.28. The highest BCUT2D eigenvalue weighted by Gasteiger charge is 2.33. The van der Waals surface area contributed by atoms with Crippen LogP contribution in [0.3, 0.4) is 0 Å². The van der Waals surface area contributed by atoms with E-state index in [1.54, 1.807) is 0 Å². The monoisotopic (exact) mass is 260 g/mol. The average molecular weight is 260 g/mol. The maximum Gasteiger partial charge on any atom is 0.220 e. The molecule has 1 aromatic rings. The Morgan fingerprint density at radius 3 is 2.79 bits per heavy atom. The predicted molar refractivity (Wildman–Crippen MR) is 73.8 cm³/mol. The van der Waals surface area contributed by atoms with E-state index in [0.717, 1.165) is 31.5 Å². The van der Waals surface area contributed by atoms with Crippen LogP contribution in [0.25, 0.3) is 0 Å². The van der Waals surface area contributed by atoms with E-state index in [-0.39, 0.29) is 12.5 Å². The third-order valence-corrected chi connectivity index (χ3v) is 4.31. The first-order chi connectivity index (χ1) is 9.26. The van der Waals surface area contributed by atoms with Gasteiger partial charge < -0.3 is 15.3 Å². The molecule has 0 bridgehead atoms. The first-order valence-electron chi connectivity index (χ1n) is 7.00.